The molecular formula is C18H16N2O3. The normalized spacial score (nSPS) is 10.2. The molecule has 0 saturated carbocycles. The van der Waals surface area contributed by atoms with E-state index in [0.717, 1.165) is 5.56 Å². The van der Waals surface area contributed by atoms with Crippen LogP contribution in [0.2, 0.25) is 0 Å². The number of nitrogens with zero attached hydrogens (tertiary/aromatic N) is 2. The fourth-order valence-corrected chi connectivity index (χ4v) is 2.14. The van der Waals surface area contributed by atoms with Crippen LogP contribution < -0.4 is 14.2 Å². The first-order chi connectivity index (χ1) is 11.3. The number of ether oxygens (including phenoxy) is 3. The molecule has 3 rings (SSSR count). The van der Waals surface area contributed by atoms with Crippen LogP contribution in [0.3, 0.4) is 0 Å². The second-order valence-corrected chi connectivity index (χ2v) is 4.82. The smallest absolute Gasteiger partial charge is 0.321 e. The molecule has 0 unspecified atom stereocenters. The number of hydrogen-bond donors (Lipinski definition) is 0. The second-order valence-electron chi connectivity index (χ2n) is 4.82. The fourth-order valence-electron chi connectivity index (χ4n) is 2.14. The Kier molecular flexibility index (Phi) is 4.38. The molecule has 0 spiro atoms. The Labute approximate surface area is 134 Å². The Bertz CT molecular complexity index is 791. The lowest BCUT2D eigenvalue weighted by Crippen LogP contribution is -1.93. The van der Waals surface area contributed by atoms with Gasteiger partial charge in [-0.25, -0.2) is 9.97 Å². The van der Waals surface area contributed by atoms with E-state index in [0.29, 0.717) is 23.0 Å². The lowest BCUT2D eigenvalue weighted by molar-refractivity contribution is 0.374. The molecular weight excluding hydrogens is 292 g/mol. The predicted octanol–water partition coefficient (Wildman–Crippen LogP) is 4.38. The lowest BCUT2D eigenvalue weighted by Gasteiger charge is -2.13. The molecule has 0 saturated heterocycles. The zero-order valence-corrected chi connectivity index (χ0v) is 12.9. The first-order valence-electron chi connectivity index (χ1n) is 7.12. The topological polar surface area (TPSA) is 53.5 Å². The van der Waals surface area contributed by atoms with Crippen molar-refractivity contribution < 1.29 is 14.2 Å². The Morgan fingerprint density at radius 3 is 2.26 bits per heavy atom. The van der Waals surface area contributed by atoms with Gasteiger partial charge in [0.25, 0.3) is 0 Å². The molecule has 0 radical (unpaired) electrons. The van der Waals surface area contributed by atoms with Gasteiger partial charge in [0.2, 0.25) is 0 Å². The number of aryl methyl sites for hydroxylation is 1. The van der Waals surface area contributed by atoms with Crippen molar-refractivity contribution >= 4 is 0 Å². The maximum Gasteiger partial charge on any atom is 0.321 e. The van der Waals surface area contributed by atoms with E-state index in [1.807, 2.05) is 43.3 Å². The van der Waals surface area contributed by atoms with E-state index < -0.39 is 0 Å². The summed E-state index contributed by atoms with van der Waals surface area (Å²) in [6.07, 6.45) is 3.25. The van der Waals surface area contributed by atoms with E-state index >= 15 is 0 Å². The van der Waals surface area contributed by atoms with Crippen LogP contribution >= 0.6 is 0 Å². The molecule has 5 nitrogen and oxygen atoms in total. The van der Waals surface area contributed by atoms with Crippen LogP contribution in [0.25, 0.3) is 0 Å². The number of hydrogen-bond acceptors (Lipinski definition) is 5. The van der Waals surface area contributed by atoms with E-state index in [-0.39, 0.29) is 6.01 Å². The van der Waals surface area contributed by atoms with Crippen molar-refractivity contribution in [3.63, 3.8) is 0 Å². The molecule has 1 heterocycles. The van der Waals surface area contributed by atoms with Gasteiger partial charge in [-0.05, 0) is 36.8 Å². The van der Waals surface area contributed by atoms with E-state index in [4.69, 9.17) is 14.2 Å². The lowest BCUT2D eigenvalue weighted by atomic mass is 10.2. The van der Waals surface area contributed by atoms with E-state index in [1.54, 1.807) is 31.6 Å². The Balaban J connectivity index is 1.82. The third kappa shape index (κ3) is 3.58. The first-order valence-corrected chi connectivity index (χ1v) is 7.12. The summed E-state index contributed by atoms with van der Waals surface area (Å²) in [5, 5.41) is 0. The summed E-state index contributed by atoms with van der Waals surface area (Å²) in [5.74, 6) is 2.61. The minimum absolute atomic E-state index is 0.290. The molecule has 5 heteroatoms. The molecule has 0 amide bonds. The summed E-state index contributed by atoms with van der Waals surface area (Å²) in [6, 6.07) is 15.1. The highest BCUT2D eigenvalue weighted by atomic mass is 16.5. The second kappa shape index (κ2) is 6.79. The van der Waals surface area contributed by atoms with Crippen molar-refractivity contribution in [3.05, 3.63) is 66.5 Å². The highest BCUT2D eigenvalue weighted by Gasteiger charge is 2.09. The average Bonchev–Trinajstić information content (AvgIpc) is 2.56. The van der Waals surface area contributed by atoms with Crippen molar-refractivity contribution in [2.75, 3.05) is 7.11 Å². The van der Waals surface area contributed by atoms with Gasteiger partial charge in [0.15, 0.2) is 11.5 Å². The van der Waals surface area contributed by atoms with Crippen molar-refractivity contribution in [1.82, 2.24) is 9.97 Å². The highest BCUT2D eigenvalue weighted by molar-refractivity contribution is 5.48. The standard InChI is InChI=1S/C18H16N2O3/c1-13-6-3-9-16(17(13)21-2)22-14-7-4-8-15(12-14)23-18-19-10-5-11-20-18/h3-12H,1-2H3. The summed E-state index contributed by atoms with van der Waals surface area (Å²) < 4.78 is 16.9. The van der Waals surface area contributed by atoms with E-state index in [9.17, 15) is 0 Å². The van der Waals surface area contributed by atoms with Crippen molar-refractivity contribution in [3.8, 4) is 29.0 Å². The summed E-state index contributed by atoms with van der Waals surface area (Å²) in [5.41, 5.74) is 1.01. The minimum atomic E-state index is 0.290. The van der Waals surface area contributed by atoms with Crippen LogP contribution in [0.5, 0.6) is 29.0 Å². The van der Waals surface area contributed by atoms with Gasteiger partial charge < -0.3 is 14.2 Å². The van der Waals surface area contributed by atoms with Gasteiger partial charge in [-0.2, -0.15) is 0 Å². The Hall–Kier alpha value is -3.08. The van der Waals surface area contributed by atoms with Crippen molar-refractivity contribution in [2.24, 2.45) is 0 Å². The minimum Gasteiger partial charge on any atom is -0.493 e. The average molecular weight is 308 g/mol. The Morgan fingerprint density at radius 2 is 1.52 bits per heavy atom. The zero-order chi connectivity index (χ0) is 16.1. The number of para-hydroxylation sites is 1. The number of rotatable bonds is 5. The largest absolute Gasteiger partial charge is 0.493 e. The van der Waals surface area contributed by atoms with Gasteiger partial charge in [-0.1, -0.05) is 18.2 Å². The van der Waals surface area contributed by atoms with Crippen LogP contribution in [0, 0.1) is 6.92 Å². The summed E-state index contributed by atoms with van der Waals surface area (Å²) in [4.78, 5) is 8.07. The molecule has 0 fully saturated rings. The van der Waals surface area contributed by atoms with Gasteiger partial charge in [-0.15, -0.1) is 0 Å². The molecule has 23 heavy (non-hydrogen) atoms. The van der Waals surface area contributed by atoms with Crippen molar-refractivity contribution in [1.29, 1.82) is 0 Å². The molecule has 1 aromatic heterocycles. The quantitative estimate of drug-likeness (QED) is 0.700. The Morgan fingerprint density at radius 1 is 0.826 bits per heavy atom. The molecule has 0 bridgehead atoms. The van der Waals surface area contributed by atoms with Crippen LogP contribution in [0.4, 0.5) is 0 Å². The van der Waals surface area contributed by atoms with Gasteiger partial charge in [0.1, 0.15) is 11.5 Å². The molecule has 3 aromatic rings. The summed E-state index contributed by atoms with van der Waals surface area (Å²) in [7, 11) is 1.63. The van der Waals surface area contributed by atoms with Gasteiger partial charge in [-0.3, -0.25) is 0 Å². The SMILES string of the molecule is COc1c(C)cccc1Oc1cccc(Oc2ncccn2)c1. The fraction of sp³-hybridized carbons (Fsp3) is 0.111. The monoisotopic (exact) mass is 308 g/mol. The van der Waals surface area contributed by atoms with Gasteiger partial charge in [0, 0.05) is 18.5 Å². The van der Waals surface area contributed by atoms with Crippen LogP contribution in [0.1, 0.15) is 5.56 Å². The van der Waals surface area contributed by atoms with Crippen LogP contribution in [-0.4, -0.2) is 17.1 Å². The molecule has 0 N–H and O–H groups in total. The zero-order valence-electron chi connectivity index (χ0n) is 12.9. The number of methoxy groups -OCH3 is 1. The summed E-state index contributed by atoms with van der Waals surface area (Å²) in [6.45, 7) is 1.97. The van der Waals surface area contributed by atoms with Crippen LogP contribution in [-0.2, 0) is 0 Å². The molecule has 2 aromatic carbocycles. The predicted molar refractivity (Wildman–Crippen MR) is 86.4 cm³/mol. The maximum atomic E-state index is 5.91. The number of benzene rings is 2. The molecule has 116 valence electrons. The van der Waals surface area contributed by atoms with Gasteiger partial charge in [0.05, 0.1) is 7.11 Å². The van der Waals surface area contributed by atoms with Crippen LogP contribution in [0.15, 0.2) is 60.9 Å². The number of aromatic nitrogens is 2. The molecule has 0 atom stereocenters. The molecule has 0 aliphatic heterocycles. The summed E-state index contributed by atoms with van der Waals surface area (Å²) >= 11 is 0. The van der Waals surface area contributed by atoms with Gasteiger partial charge >= 0.3 is 6.01 Å². The van der Waals surface area contributed by atoms with Crippen molar-refractivity contribution in [2.45, 2.75) is 6.92 Å². The third-order valence-corrected chi connectivity index (χ3v) is 3.16. The molecule has 0 aliphatic carbocycles. The third-order valence-electron chi connectivity index (χ3n) is 3.16. The van der Waals surface area contributed by atoms with E-state index in [2.05, 4.69) is 9.97 Å². The van der Waals surface area contributed by atoms with E-state index in [1.165, 1.54) is 0 Å². The first kappa shape index (κ1) is 14.8. The highest BCUT2D eigenvalue weighted by Crippen LogP contribution is 2.35. The molecule has 0 aliphatic rings. The maximum absolute atomic E-state index is 5.91.